The molecule has 0 spiro atoms. The number of methoxy groups -OCH3 is 1. The van der Waals surface area contributed by atoms with Crippen LogP contribution in [0, 0.1) is 0 Å². The van der Waals surface area contributed by atoms with Crippen LogP contribution in [0.3, 0.4) is 0 Å². The van der Waals surface area contributed by atoms with Crippen molar-refractivity contribution in [2.75, 3.05) is 18.7 Å². The molecule has 1 aromatic rings. The van der Waals surface area contributed by atoms with Crippen molar-refractivity contribution in [3.63, 3.8) is 0 Å². The summed E-state index contributed by atoms with van der Waals surface area (Å²) in [6.07, 6.45) is 2.28. The van der Waals surface area contributed by atoms with Gasteiger partial charge in [0.05, 0.1) is 7.11 Å². The topological polar surface area (TPSA) is 9.23 Å². The quantitative estimate of drug-likeness (QED) is 0.418. The Morgan fingerprint density at radius 1 is 1.21 bits per heavy atom. The molecule has 1 nitrogen and oxygen atoms in total. The summed E-state index contributed by atoms with van der Waals surface area (Å²) >= 11 is 7.46. The fraction of sp³-hybridized carbons (Fsp3) is 0.455. The number of unbranched alkanes of at least 4 members (excludes halogenated alkanes) is 1. The molecule has 3 heteroatoms. The average molecular weight is 231 g/mol. The molecule has 14 heavy (non-hydrogen) atoms. The fourth-order valence-electron chi connectivity index (χ4n) is 1.06. The molecule has 0 fully saturated rings. The SMILES string of the molecule is COc1ccc(SCCCCCl)cc1. The van der Waals surface area contributed by atoms with Crippen molar-refractivity contribution < 1.29 is 4.74 Å². The van der Waals surface area contributed by atoms with E-state index in [4.69, 9.17) is 16.3 Å². The summed E-state index contributed by atoms with van der Waals surface area (Å²) in [5.41, 5.74) is 0. The monoisotopic (exact) mass is 230 g/mol. The minimum Gasteiger partial charge on any atom is -0.497 e. The van der Waals surface area contributed by atoms with E-state index >= 15 is 0 Å². The molecule has 0 unspecified atom stereocenters. The Bertz CT molecular complexity index is 248. The summed E-state index contributed by atoms with van der Waals surface area (Å²) in [6, 6.07) is 8.15. The van der Waals surface area contributed by atoms with Crippen LogP contribution in [-0.2, 0) is 0 Å². The van der Waals surface area contributed by atoms with Gasteiger partial charge in [-0.1, -0.05) is 0 Å². The minimum atomic E-state index is 0.767. The third-order valence-corrected chi connectivity index (χ3v) is 3.22. The lowest BCUT2D eigenvalue weighted by atomic mass is 10.3. The molecule has 78 valence electrons. The van der Waals surface area contributed by atoms with Crippen LogP contribution in [0.25, 0.3) is 0 Å². The van der Waals surface area contributed by atoms with E-state index in [2.05, 4.69) is 12.1 Å². The second-order valence-corrected chi connectivity index (χ2v) is 4.47. The normalized spacial score (nSPS) is 10.1. The molecule has 0 N–H and O–H groups in total. The maximum atomic E-state index is 5.60. The fourth-order valence-corrected chi connectivity index (χ4v) is 2.16. The second kappa shape index (κ2) is 7.02. The molecule has 1 rings (SSSR count). The zero-order valence-corrected chi connectivity index (χ0v) is 9.90. The maximum absolute atomic E-state index is 5.60. The first kappa shape index (κ1) is 11.7. The second-order valence-electron chi connectivity index (χ2n) is 2.92. The molecule has 0 amide bonds. The van der Waals surface area contributed by atoms with Gasteiger partial charge in [0.2, 0.25) is 0 Å². The smallest absolute Gasteiger partial charge is 0.118 e. The highest BCUT2D eigenvalue weighted by molar-refractivity contribution is 7.99. The van der Waals surface area contributed by atoms with E-state index in [-0.39, 0.29) is 0 Å². The van der Waals surface area contributed by atoms with Gasteiger partial charge in [-0.2, -0.15) is 0 Å². The molecule has 0 radical (unpaired) electrons. The van der Waals surface area contributed by atoms with Gasteiger partial charge in [-0.25, -0.2) is 0 Å². The van der Waals surface area contributed by atoms with Gasteiger partial charge >= 0.3 is 0 Å². The van der Waals surface area contributed by atoms with Crippen LogP contribution in [0.15, 0.2) is 29.2 Å². The zero-order chi connectivity index (χ0) is 10.2. The Morgan fingerprint density at radius 2 is 1.93 bits per heavy atom. The Labute approximate surface area is 94.8 Å². The van der Waals surface area contributed by atoms with E-state index in [0.29, 0.717) is 0 Å². The first-order valence-electron chi connectivity index (χ1n) is 4.69. The third kappa shape index (κ3) is 4.25. The highest BCUT2D eigenvalue weighted by atomic mass is 35.5. The Balaban J connectivity index is 2.29. The maximum Gasteiger partial charge on any atom is 0.118 e. The largest absolute Gasteiger partial charge is 0.497 e. The summed E-state index contributed by atoms with van der Waals surface area (Å²) in [5.74, 6) is 2.82. The number of hydrogen-bond donors (Lipinski definition) is 0. The third-order valence-electron chi connectivity index (χ3n) is 1.86. The molecular formula is C11H15ClOS. The van der Waals surface area contributed by atoms with Crippen LogP contribution in [-0.4, -0.2) is 18.7 Å². The van der Waals surface area contributed by atoms with Gasteiger partial charge in [0.25, 0.3) is 0 Å². The average Bonchev–Trinajstić information content (AvgIpc) is 2.25. The van der Waals surface area contributed by atoms with E-state index in [1.165, 1.54) is 11.3 Å². The van der Waals surface area contributed by atoms with Gasteiger partial charge in [-0.15, -0.1) is 23.4 Å². The molecule has 1 aromatic carbocycles. The lowest BCUT2D eigenvalue weighted by Gasteiger charge is -2.02. The summed E-state index contributed by atoms with van der Waals surface area (Å²) in [6.45, 7) is 0. The summed E-state index contributed by atoms with van der Waals surface area (Å²) in [4.78, 5) is 1.29. The predicted molar refractivity (Wildman–Crippen MR) is 63.7 cm³/mol. The van der Waals surface area contributed by atoms with Crippen molar-refractivity contribution in [2.45, 2.75) is 17.7 Å². The zero-order valence-electron chi connectivity index (χ0n) is 8.33. The van der Waals surface area contributed by atoms with E-state index in [0.717, 1.165) is 23.8 Å². The molecule has 0 bridgehead atoms. The van der Waals surface area contributed by atoms with Gasteiger partial charge in [0.1, 0.15) is 5.75 Å². The molecule has 0 saturated heterocycles. The van der Waals surface area contributed by atoms with Crippen LogP contribution < -0.4 is 4.74 Å². The number of ether oxygens (including phenoxy) is 1. The molecule has 0 aromatic heterocycles. The molecule has 0 saturated carbocycles. The van der Waals surface area contributed by atoms with Crippen molar-refractivity contribution in [1.29, 1.82) is 0 Å². The first-order chi connectivity index (χ1) is 6.86. The number of rotatable bonds is 6. The highest BCUT2D eigenvalue weighted by Gasteiger charge is 1.94. The standard InChI is InChI=1S/C11H15ClOS/c1-13-10-4-6-11(7-5-10)14-9-3-2-8-12/h4-7H,2-3,8-9H2,1H3. The predicted octanol–water partition coefficient (Wildman–Crippen LogP) is 3.81. The van der Waals surface area contributed by atoms with Gasteiger partial charge in [-0.3, -0.25) is 0 Å². The highest BCUT2D eigenvalue weighted by Crippen LogP contribution is 2.22. The number of hydrogen-bond acceptors (Lipinski definition) is 2. The van der Waals surface area contributed by atoms with Crippen molar-refractivity contribution in [2.24, 2.45) is 0 Å². The van der Waals surface area contributed by atoms with Crippen LogP contribution in [0.2, 0.25) is 0 Å². The summed E-state index contributed by atoms with van der Waals surface area (Å²) in [7, 11) is 1.68. The van der Waals surface area contributed by atoms with Crippen LogP contribution in [0.4, 0.5) is 0 Å². The Hall–Kier alpha value is -0.340. The lowest BCUT2D eigenvalue weighted by molar-refractivity contribution is 0.414. The van der Waals surface area contributed by atoms with Gasteiger partial charge in [0, 0.05) is 10.8 Å². The van der Waals surface area contributed by atoms with Crippen LogP contribution in [0.1, 0.15) is 12.8 Å². The number of alkyl halides is 1. The van der Waals surface area contributed by atoms with E-state index in [9.17, 15) is 0 Å². The number of benzene rings is 1. The van der Waals surface area contributed by atoms with Gasteiger partial charge in [-0.05, 0) is 42.9 Å². The van der Waals surface area contributed by atoms with E-state index in [1.807, 2.05) is 23.9 Å². The molecular weight excluding hydrogens is 216 g/mol. The van der Waals surface area contributed by atoms with Crippen molar-refractivity contribution in [3.8, 4) is 5.75 Å². The Morgan fingerprint density at radius 3 is 2.50 bits per heavy atom. The van der Waals surface area contributed by atoms with Crippen molar-refractivity contribution >= 4 is 23.4 Å². The van der Waals surface area contributed by atoms with Crippen LogP contribution in [0.5, 0.6) is 5.75 Å². The summed E-state index contributed by atoms with van der Waals surface area (Å²) < 4.78 is 5.09. The first-order valence-corrected chi connectivity index (χ1v) is 6.21. The lowest BCUT2D eigenvalue weighted by Crippen LogP contribution is -1.83. The molecule has 0 aliphatic carbocycles. The van der Waals surface area contributed by atoms with Crippen molar-refractivity contribution in [1.82, 2.24) is 0 Å². The van der Waals surface area contributed by atoms with E-state index < -0.39 is 0 Å². The molecule has 0 aliphatic heterocycles. The van der Waals surface area contributed by atoms with E-state index in [1.54, 1.807) is 7.11 Å². The molecule has 0 aliphatic rings. The molecule has 0 atom stereocenters. The number of halogens is 1. The molecule has 0 heterocycles. The number of thioether (sulfide) groups is 1. The van der Waals surface area contributed by atoms with Crippen molar-refractivity contribution in [3.05, 3.63) is 24.3 Å². The van der Waals surface area contributed by atoms with Crippen LogP contribution >= 0.6 is 23.4 Å². The Kier molecular flexibility index (Phi) is 5.88. The van der Waals surface area contributed by atoms with Gasteiger partial charge < -0.3 is 4.74 Å². The van der Waals surface area contributed by atoms with Gasteiger partial charge in [0.15, 0.2) is 0 Å². The summed E-state index contributed by atoms with van der Waals surface area (Å²) in [5, 5.41) is 0. The minimum absolute atomic E-state index is 0.767.